The largest absolute Gasteiger partial charge is 0.381 e. The highest BCUT2D eigenvalue weighted by Crippen LogP contribution is 2.42. The monoisotopic (exact) mass is 255 g/mol. The third-order valence-corrected chi connectivity index (χ3v) is 4.56. The van der Waals surface area contributed by atoms with Gasteiger partial charge in [0.2, 0.25) is 0 Å². The molecule has 0 heterocycles. The molecule has 0 aromatic heterocycles. The van der Waals surface area contributed by atoms with E-state index in [1.807, 2.05) is 0 Å². The van der Waals surface area contributed by atoms with Gasteiger partial charge in [0.15, 0.2) is 0 Å². The highest BCUT2D eigenvalue weighted by molar-refractivity contribution is 4.86. The van der Waals surface area contributed by atoms with Crippen molar-refractivity contribution in [1.29, 1.82) is 0 Å². The third kappa shape index (κ3) is 4.89. The zero-order valence-electron chi connectivity index (χ0n) is 13.1. The maximum atomic E-state index is 5.72. The van der Waals surface area contributed by atoms with Gasteiger partial charge in [-0.3, -0.25) is 0 Å². The van der Waals surface area contributed by atoms with E-state index in [0.717, 1.165) is 37.5 Å². The molecule has 0 radical (unpaired) electrons. The molecular formula is C16H33NO. The van der Waals surface area contributed by atoms with Crippen molar-refractivity contribution in [3.05, 3.63) is 0 Å². The summed E-state index contributed by atoms with van der Waals surface area (Å²) in [6.07, 6.45) is 4.11. The van der Waals surface area contributed by atoms with Crippen LogP contribution in [0.3, 0.4) is 0 Å². The minimum Gasteiger partial charge on any atom is -0.381 e. The fourth-order valence-electron chi connectivity index (χ4n) is 3.19. The molecule has 1 rings (SSSR count). The maximum absolute atomic E-state index is 5.72. The van der Waals surface area contributed by atoms with E-state index in [1.165, 1.54) is 25.8 Å². The Labute approximate surface area is 114 Å². The van der Waals surface area contributed by atoms with Crippen LogP contribution in [0.4, 0.5) is 0 Å². The smallest absolute Gasteiger partial charge is 0.0497 e. The fraction of sp³-hybridized carbons (Fsp3) is 1.00. The van der Waals surface area contributed by atoms with Crippen LogP contribution in [0.15, 0.2) is 0 Å². The van der Waals surface area contributed by atoms with Gasteiger partial charge in [-0.2, -0.15) is 0 Å². The van der Waals surface area contributed by atoms with E-state index in [2.05, 4.69) is 39.9 Å². The number of hydrogen-bond acceptors (Lipinski definition) is 2. The molecule has 0 bridgehead atoms. The summed E-state index contributed by atoms with van der Waals surface area (Å²) in [5.74, 6) is 2.43. The van der Waals surface area contributed by atoms with Crippen molar-refractivity contribution < 1.29 is 4.74 Å². The second kappa shape index (κ2) is 7.49. The summed E-state index contributed by atoms with van der Waals surface area (Å²) in [5, 5.41) is 3.52. The molecule has 0 aliphatic heterocycles. The Morgan fingerprint density at radius 1 is 1.11 bits per heavy atom. The Bertz CT molecular complexity index is 222. The Balaban J connectivity index is 2.54. The first-order valence-electron chi connectivity index (χ1n) is 7.77. The average Bonchev–Trinajstić information content (AvgIpc) is 2.33. The number of nitrogens with one attached hydrogen (secondary N) is 1. The second-order valence-corrected chi connectivity index (χ2v) is 6.86. The van der Waals surface area contributed by atoms with Gasteiger partial charge in [-0.05, 0) is 62.4 Å². The van der Waals surface area contributed by atoms with Gasteiger partial charge in [-0.1, -0.05) is 27.7 Å². The predicted molar refractivity (Wildman–Crippen MR) is 78.8 cm³/mol. The molecule has 0 spiro atoms. The summed E-state index contributed by atoms with van der Waals surface area (Å²) in [5.41, 5.74) is 0.452. The van der Waals surface area contributed by atoms with Crippen LogP contribution < -0.4 is 5.32 Å². The van der Waals surface area contributed by atoms with Crippen molar-refractivity contribution in [2.75, 3.05) is 26.3 Å². The lowest BCUT2D eigenvalue weighted by molar-refractivity contribution is 0.0271. The second-order valence-electron chi connectivity index (χ2n) is 6.86. The normalized spacial score (nSPS) is 29.5. The standard InChI is InChI=1S/C16H33NO/c1-6-17-11-13-8-9-15(16(3,4)5)10-14(13)12-18-7-2/h13-15,17H,6-12H2,1-5H3. The molecule has 1 aliphatic carbocycles. The van der Waals surface area contributed by atoms with E-state index < -0.39 is 0 Å². The van der Waals surface area contributed by atoms with E-state index in [1.54, 1.807) is 0 Å². The predicted octanol–water partition coefficient (Wildman–Crippen LogP) is 3.71. The Hall–Kier alpha value is -0.0800. The first kappa shape index (κ1) is 16.0. The molecule has 2 nitrogen and oxygen atoms in total. The minimum absolute atomic E-state index is 0.452. The summed E-state index contributed by atoms with van der Waals surface area (Å²) in [4.78, 5) is 0. The molecular weight excluding hydrogens is 222 g/mol. The fourth-order valence-corrected chi connectivity index (χ4v) is 3.19. The Kier molecular flexibility index (Phi) is 6.65. The highest BCUT2D eigenvalue weighted by Gasteiger charge is 2.35. The lowest BCUT2D eigenvalue weighted by Crippen LogP contribution is -2.38. The van der Waals surface area contributed by atoms with E-state index in [-0.39, 0.29) is 0 Å². The van der Waals surface area contributed by atoms with Gasteiger partial charge in [0.05, 0.1) is 0 Å². The molecule has 18 heavy (non-hydrogen) atoms. The van der Waals surface area contributed by atoms with Crippen LogP contribution in [0, 0.1) is 23.2 Å². The molecule has 2 heteroatoms. The number of ether oxygens (including phenoxy) is 1. The Morgan fingerprint density at radius 3 is 2.39 bits per heavy atom. The SMILES string of the molecule is CCNCC1CCC(C(C)(C)C)CC1COCC. The summed E-state index contributed by atoms with van der Waals surface area (Å²) >= 11 is 0. The molecule has 1 aliphatic rings. The highest BCUT2D eigenvalue weighted by atomic mass is 16.5. The van der Waals surface area contributed by atoms with Crippen LogP contribution in [0.25, 0.3) is 0 Å². The first-order valence-corrected chi connectivity index (χ1v) is 7.77. The van der Waals surface area contributed by atoms with E-state index in [0.29, 0.717) is 5.41 Å². The van der Waals surface area contributed by atoms with Crippen LogP contribution in [0.2, 0.25) is 0 Å². The molecule has 1 N–H and O–H groups in total. The summed E-state index contributed by atoms with van der Waals surface area (Å²) in [6, 6.07) is 0. The molecule has 1 saturated carbocycles. The molecule has 0 saturated heterocycles. The van der Waals surface area contributed by atoms with Gasteiger partial charge in [0.1, 0.15) is 0 Å². The van der Waals surface area contributed by atoms with Crippen molar-refractivity contribution in [2.45, 2.75) is 53.9 Å². The lowest BCUT2D eigenvalue weighted by Gasteiger charge is -2.42. The topological polar surface area (TPSA) is 21.3 Å². The van der Waals surface area contributed by atoms with Crippen LogP contribution in [-0.4, -0.2) is 26.3 Å². The molecule has 108 valence electrons. The van der Waals surface area contributed by atoms with E-state index in [9.17, 15) is 0 Å². The van der Waals surface area contributed by atoms with Crippen molar-refractivity contribution in [2.24, 2.45) is 23.2 Å². The third-order valence-electron chi connectivity index (χ3n) is 4.56. The van der Waals surface area contributed by atoms with Crippen LogP contribution in [-0.2, 0) is 4.74 Å². The van der Waals surface area contributed by atoms with Gasteiger partial charge in [-0.25, -0.2) is 0 Å². The summed E-state index contributed by atoms with van der Waals surface area (Å²) in [6.45, 7) is 15.5. The molecule has 0 aromatic rings. The average molecular weight is 255 g/mol. The van der Waals surface area contributed by atoms with E-state index >= 15 is 0 Å². The Morgan fingerprint density at radius 2 is 1.83 bits per heavy atom. The van der Waals surface area contributed by atoms with Crippen LogP contribution in [0.5, 0.6) is 0 Å². The van der Waals surface area contributed by atoms with Crippen molar-refractivity contribution >= 4 is 0 Å². The first-order chi connectivity index (χ1) is 8.49. The minimum atomic E-state index is 0.452. The zero-order valence-corrected chi connectivity index (χ0v) is 13.1. The van der Waals surface area contributed by atoms with Crippen molar-refractivity contribution in [3.8, 4) is 0 Å². The van der Waals surface area contributed by atoms with Gasteiger partial charge in [0, 0.05) is 13.2 Å². The lowest BCUT2D eigenvalue weighted by atomic mass is 9.65. The van der Waals surface area contributed by atoms with Crippen molar-refractivity contribution in [3.63, 3.8) is 0 Å². The molecule has 0 aromatic carbocycles. The summed E-state index contributed by atoms with van der Waals surface area (Å²) in [7, 11) is 0. The molecule has 3 unspecified atom stereocenters. The zero-order chi connectivity index (χ0) is 13.6. The van der Waals surface area contributed by atoms with Crippen LogP contribution in [0.1, 0.15) is 53.9 Å². The maximum Gasteiger partial charge on any atom is 0.0497 e. The van der Waals surface area contributed by atoms with Gasteiger partial charge >= 0.3 is 0 Å². The molecule has 1 fully saturated rings. The van der Waals surface area contributed by atoms with Crippen LogP contribution >= 0.6 is 0 Å². The summed E-state index contributed by atoms with van der Waals surface area (Å²) < 4.78 is 5.72. The molecule has 3 atom stereocenters. The molecule has 0 amide bonds. The number of hydrogen-bond donors (Lipinski definition) is 1. The van der Waals surface area contributed by atoms with Gasteiger partial charge in [0.25, 0.3) is 0 Å². The van der Waals surface area contributed by atoms with Crippen molar-refractivity contribution in [1.82, 2.24) is 5.32 Å². The number of rotatable bonds is 6. The van der Waals surface area contributed by atoms with Gasteiger partial charge in [-0.15, -0.1) is 0 Å². The van der Waals surface area contributed by atoms with E-state index in [4.69, 9.17) is 4.74 Å². The van der Waals surface area contributed by atoms with Gasteiger partial charge < -0.3 is 10.1 Å². The quantitative estimate of drug-likeness (QED) is 0.781.